The van der Waals surface area contributed by atoms with Gasteiger partial charge in [0.2, 0.25) is 40.7 Å². The second kappa shape index (κ2) is 10.4. The lowest BCUT2D eigenvalue weighted by atomic mass is 9.71. The molecule has 1 aromatic carbocycles. The second-order valence-corrected chi connectivity index (χ2v) is 9.60. The fourth-order valence-corrected chi connectivity index (χ4v) is 3.60. The average molecular weight is 451 g/mol. The van der Waals surface area contributed by atoms with Gasteiger partial charge in [-0.1, -0.05) is 27.7 Å². The van der Waals surface area contributed by atoms with E-state index in [0.29, 0.717) is 19.3 Å². The monoisotopic (exact) mass is 451 g/mol. The van der Waals surface area contributed by atoms with E-state index < -0.39 is 46.2 Å². The first-order chi connectivity index (χ1) is 14.1. The number of halogens is 5. The fourth-order valence-electron chi connectivity index (χ4n) is 3.60. The zero-order valence-electron chi connectivity index (χ0n) is 18.7. The number of benzene rings is 1. The van der Waals surface area contributed by atoms with Crippen LogP contribution in [0, 0.1) is 39.9 Å². The topological polar surface area (TPSA) is 55.4 Å². The Morgan fingerprint density at radius 3 is 1.68 bits per heavy atom. The fraction of sp³-hybridized carbons (Fsp3) is 0.636. The lowest BCUT2D eigenvalue weighted by Gasteiger charge is -2.35. The normalized spacial score (nSPS) is 12.3. The van der Waals surface area contributed by atoms with Crippen molar-refractivity contribution in [2.24, 2.45) is 10.8 Å². The molecule has 9 heteroatoms. The molecule has 4 nitrogen and oxygen atoms in total. The van der Waals surface area contributed by atoms with Crippen molar-refractivity contribution < 1.29 is 36.3 Å². The minimum Gasteiger partial charge on any atom is -0.420 e. The molecule has 0 aromatic heterocycles. The Morgan fingerprint density at radius 2 is 1.23 bits per heavy atom. The minimum absolute atomic E-state index is 0.0488. The summed E-state index contributed by atoms with van der Waals surface area (Å²) in [4.78, 5) is 23.9. The summed E-state index contributed by atoms with van der Waals surface area (Å²) in [5, 5.41) is 2.82. The number of nitrogens with one attached hydrogen (secondary N) is 1. The first kappa shape index (κ1) is 26.8. The molecule has 1 aromatic rings. The molecule has 0 fully saturated rings. The van der Waals surface area contributed by atoms with Gasteiger partial charge in [-0.2, -0.15) is 8.78 Å². The van der Waals surface area contributed by atoms with Crippen molar-refractivity contribution in [3.05, 3.63) is 29.1 Å². The molecular formula is C22H30F5NO3. The predicted octanol–water partition coefficient (Wildman–Crippen LogP) is 5.82. The third-order valence-corrected chi connectivity index (χ3v) is 4.83. The number of esters is 1. The summed E-state index contributed by atoms with van der Waals surface area (Å²) in [6.45, 7) is 11.5. The molecule has 0 heterocycles. The van der Waals surface area contributed by atoms with E-state index in [0.717, 1.165) is 0 Å². The van der Waals surface area contributed by atoms with Crippen LogP contribution in [0.2, 0.25) is 0 Å². The number of rotatable bonds is 10. The molecule has 0 bridgehead atoms. The Bertz CT molecular complexity index is 793. The molecule has 0 aliphatic carbocycles. The van der Waals surface area contributed by atoms with E-state index in [9.17, 15) is 31.5 Å². The highest BCUT2D eigenvalue weighted by Crippen LogP contribution is 2.40. The van der Waals surface area contributed by atoms with Crippen LogP contribution in [0.1, 0.15) is 73.6 Å². The molecule has 0 aliphatic heterocycles. The molecule has 0 aliphatic rings. The van der Waals surface area contributed by atoms with E-state index in [1.807, 2.05) is 41.5 Å². The number of hydrogen-bond acceptors (Lipinski definition) is 3. The molecule has 0 atom stereocenters. The summed E-state index contributed by atoms with van der Waals surface area (Å²) in [6, 6.07) is 0.0517. The summed E-state index contributed by atoms with van der Waals surface area (Å²) >= 11 is 0. The maximum Gasteiger partial charge on any atom is 0.311 e. The van der Waals surface area contributed by atoms with Crippen LogP contribution >= 0.6 is 0 Å². The van der Waals surface area contributed by atoms with Crippen molar-refractivity contribution in [3.63, 3.8) is 0 Å². The van der Waals surface area contributed by atoms with Gasteiger partial charge in [0, 0.05) is 18.9 Å². The van der Waals surface area contributed by atoms with Gasteiger partial charge in [0.1, 0.15) is 0 Å². The van der Waals surface area contributed by atoms with Crippen molar-refractivity contribution in [2.75, 3.05) is 0 Å². The molecule has 0 saturated carbocycles. The molecule has 1 N–H and O–H groups in total. The molecule has 0 spiro atoms. The SMILES string of the molecule is CC(C)NC(=O)CCC(C)(C)CC(C)(C)CCC(=O)Oc1c(F)c(F)c(F)c(F)c1F. The van der Waals surface area contributed by atoms with E-state index in [-0.39, 0.29) is 30.2 Å². The molecule has 0 unspecified atom stereocenters. The highest BCUT2D eigenvalue weighted by Gasteiger charge is 2.31. The van der Waals surface area contributed by atoms with Crippen LogP contribution in [0.4, 0.5) is 22.0 Å². The third-order valence-electron chi connectivity index (χ3n) is 4.83. The van der Waals surface area contributed by atoms with Crippen molar-refractivity contribution in [3.8, 4) is 5.75 Å². The quantitative estimate of drug-likeness (QED) is 0.160. The van der Waals surface area contributed by atoms with Gasteiger partial charge >= 0.3 is 5.97 Å². The Labute approximate surface area is 179 Å². The van der Waals surface area contributed by atoms with Gasteiger partial charge in [-0.25, -0.2) is 13.2 Å². The Morgan fingerprint density at radius 1 is 0.806 bits per heavy atom. The molecule has 0 saturated heterocycles. The summed E-state index contributed by atoms with van der Waals surface area (Å²) < 4.78 is 71.3. The number of carbonyl (C=O) groups is 2. The van der Waals surface area contributed by atoms with Crippen molar-refractivity contribution >= 4 is 11.9 Å². The largest absolute Gasteiger partial charge is 0.420 e. The van der Waals surface area contributed by atoms with Gasteiger partial charge in [0.05, 0.1) is 0 Å². The zero-order chi connectivity index (χ0) is 24.1. The van der Waals surface area contributed by atoms with Crippen LogP contribution < -0.4 is 10.1 Å². The van der Waals surface area contributed by atoms with E-state index in [1.54, 1.807) is 0 Å². The molecule has 176 valence electrons. The van der Waals surface area contributed by atoms with Gasteiger partial charge in [-0.05, 0) is 43.9 Å². The Hall–Kier alpha value is -2.19. The van der Waals surface area contributed by atoms with Gasteiger partial charge < -0.3 is 10.1 Å². The number of hydrogen-bond donors (Lipinski definition) is 1. The molecular weight excluding hydrogens is 421 g/mol. The molecule has 1 amide bonds. The van der Waals surface area contributed by atoms with Crippen LogP contribution in [0.15, 0.2) is 0 Å². The van der Waals surface area contributed by atoms with E-state index in [4.69, 9.17) is 0 Å². The summed E-state index contributed by atoms with van der Waals surface area (Å²) in [6.07, 6.45) is 1.57. The summed E-state index contributed by atoms with van der Waals surface area (Å²) in [5.41, 5.74) is -0.642. The number of amides is 1. The maximum atomic E-state index is 13.7. The Kier molecular flexibility index (Phi) is 9.02. The first-order valence-electron chi connectivity index (χ1n) is 10.1. The smallest absolute Gasteiger partial charge is 0.311 e. The van der Waals surface area contributed by atoms with Crippen LogP contribution in [-0.4, -0.2) is 17.9 Å². The average Bonchev–Trinajstić information content (AvgIpc) is 2.64. The van der Waals surface area contributed by atoms with Crippen molar-refractivity contribution in [1.29, 1.82) is 0 Å². The summed E-state index contributed by atoms with van der Waals surface area (Å²) in [5.74, 6) is -13.8. The van der Waals surface area contributed by atoms with Crippen LogP contribution in [0.3, 0.4) is 0 Å². The van der Waals surface area contributed by atoms with Crippen LogP contribution in [0.25, 0.3) is 0 Å². The molecule has 0 radical (unpaired) electrons. The highest BCUT2D eigenvalue weighted by molar-refractivity contribution is 5.76. The standard InChI is InChI=1S/C22H30F5NO3/c1-12(2)28-13(29)7-9-21(3,4)11-22(5,6)10-8-14(30)31-20-18(26)16(24)15(23)17(25)19(20)27/h12H,7-11H2,1-6H3,(H,28,29). The van der Waals surface area contributed by atoms with Gasteiger partial charge in [-0.3, -0.25) is 9.59 Å². The van der Waals surface area contributed by atoms with Gasteiger partial charge in [-0.15, -0.1) is 0 Å². The lowest BCUT2D eigenvalue weighted by Crippen LogP contribution is -2.32. The van der Waals surface area contributed by atoms with Crippen LogP contribution in [0.5, 0.6) is 5.75 Å². The Balaban J connectivity index is 2.69. The zero-order valence-corrected chi connectivity index (χ0v) is 18.7. The second-order valence-electron chi connectivity index (χ2n) is 9.60. The van der Waals surface area contributed by atoms with Crippen molar-refractivity contribution in [1.82, 2.24) is 5.32 Å². The van der Waals surface area contributed by atoms with Gasteiger partial charge in [0.25, 0.3) is 0 Å². The third kappa shape index (κ3) is 8.10. The predicted molar refractivity (Wildman–Crippen MR) is 106 cm³/mol. The van der Waals surface area contributed by atoms with Crippen molar-refractivity contribution in [2.45, 2.75) is 79.7 Å². The van der Waals surface area contributed by atoms with Crippen LogP contribution in [-0.2, 0) is 9.59 Å². The van der Waals surface area contributed by atoms with E-state index >= 15 is 0 Å². The highest BCUT2D eigenvalue weighted by atomic mass is 19.2. The van der Waals surface area contributed by atoms with E-state index in [2.05, 4.69) is 10.1 Å². The molecule has 31 heavy (non-hydrogen) atoms. The first-order valence-corrected chi connectivity index (χ1v) is 10.1. The number of ether oxygens (including phenoxy) is 1. The van der Waals surface area contributed by atoms with Gasteiger partial charge in [0.15, 0.2) is 0 Å². The van der Waals surface area contributed by atoms with E-state index in [1.165, 1.54) is 0 Å². The number of carbonyl (C=O) groups excluding carboxylic acids is 2. The summed E-state index contributed by atoms with van der Waals surface area (Å²) in [7, 11) is 0. The minimum atomic E-state index is -2.32. The lowest BCUT2D eigenvalue weighted by molar-refractivity contribution is -0.135. The maximum absolute atomic E-state index is 13.7. The molecule has 1 rings (SSSR count).